The van der Waals surface area contributed by atoms with E-state index in [1.807, 2.05) is 12.3 Å². The Morgan fingerprint density at radius 1 is 1.12 bits per heavy atom. The van der Waals surface area contributed by atoms with Crippen LogP contribution in [0, 0.1) is 0 Å². The molecule has 3 nitrogen and oxygen atoms in total. The predicted molar refractivity (Wildman–Crippen MR) is 111 cm³/mol. The van der Waals surface area contributed by atoms with Gasteiger partial charge < -0.3 is 4.90 Å². The predicted octanol–water partition coefficient (Wildman–Crippen LogP) is 5.00. The molecule has 1 aromatic heterocycles. The Morgan fingerprint density at radius 3 is 2.50 bits per heavy atom. The number of pyridine rings is 1. The van der Waals surface area contributed by atoms with Gasteiger partial charge >= 0.3 is 0 Å². The van der Waals surface area contributed by atoms with Gasteiger partial charge in [-0.1, -0.05) is 42.0 Å². The summed E-state index contributed by atoms with van der Waals surface area (Å²) in [6.07, 6.45) is 6.57. The summed E-state index contributed by atoms with van der Waals surface area (Å²) < 4.78 is 0. The topological polar surface area (TPSA) is 19.4 Å². The standard InChI is InChI=1S/C23H31N3/c1-4-26(23-21(17-19(2)3)11-8-14-24-23)22-12-15-25(16-13-22)18-20-9-6-5-7-10-20/h5-11,14,17,22H,4,12-13,15-16,18H2,1-3H3. The Morgan fingerprint density at radius 2 is 1.85 bits per heavy atom. The van der Waals surface area contributed by atoms with E-state index in [-0.39, 0.29) is 0 Å². The third-order valence-electron chi connectivity index (χ3n) is 5.12. The molecule has 1 aromatic carbocycles. The fourth-order valence-electron chi connectivity index (χ4n) is 3.88. The van der Waals surface area contributed by atoms with E-state index < -0.39 is 0 Å². The number of aromatic nitrogens is 1. The highest BCUT2D eigenvalue weighted by molar-refractivity contribution is 5.65. The lowest BCUT2D eigenvalue weighted by Crippen LogP contribution is -2.45. The largest absolute Gasteiger partial charge is 0.353 e. The Hall–Kier alpha value is -2.13. The van der Waals surface area contributed by atoms with E-state index in [1.165, 1.54) is 29.5 Å². The number of hydrogen-bond acceptors (Lipinski definition) is 3. The number of benzene rings is 1. The van der Waals surface area contributed by atoms with Crippen molar-refractivity contribution >= 4 is 11.9 Å². The van der Waals surface area contributed by atoms with Crippen LogP contribution in [0.4, 0.5) is 5.82 Å². The number of piperidine rings is 1. The highest BCUT2D eigenvalue weighted by Crippen LogP contribution is 2.26. The van der Waals surface area contributed by atoms with Gasteiger partial charge in [0.15, 0.2) is 0 Å². The van der Waals surface area contributed by atoms with Crippen LogP contribution in [0.25, 0.3) is 6.08 Å². The van der Waals surface area contributed by atoms with Crippen molar-refractivity contribution < 1.29 is 0 Å². The zero-order valence-electron chi connectivity index (χ0n) is 16.4. The first-order valence-corrected chi connectivity index (χ1v) is 9.80. The van der Waals surface area contributed by atoms with Gasteiger partial charge in [0.2, 0.25) is 0 Å². The lowest BCUT2D eigenvalue weighted by atomic mass is 10.0. The third kappa shape index (κ3) is 4.73. The summed E-state index contributed by atoms with van der Waals surface area (Å²) in [6.45, 7) is 10.9. The molecule has 0 unspecified atom stereocenters. The highest BCUT2D eigenvalue weighted by Gasteiger charge is 2.25. The first-order valence-electron chi connectivity index (χ1n) is 9.80. The van der Waals surface area contributed by atoms with Crippen LogP contribution in [0.5, 0.6) is 0 Å². The lowest BCUT2D eigenvalue weighted by molar-refractivity contribution is 0.201. The molecule has 0 aliphatic carbocycles. The van der Waals surface area contributed by atoms with E-state index in [0.717, 1.165) is 32.0 Å². The molecular weight excluding hydrogens is 318 g/mol. The fraction of sp³-hybridized carbons (Fsp3) is 0.435. The van der Waals surface area contributed by atoms with Crippen molar-refractivity contribution in [3.05, 3.63) is 65.4 Å². The molecule has 1 saturated heterocycles. The molecule has 2 aromatic rings. The van der Waals surface area contributed by atoms with Crippen LogP contribution in [0.1, 0.15) is 44.7 Å². The molecule has 3 rings (SSSR count). The van der Waals surface area contributed by atoms with Crippen molar-refractivity contribution in [2.24, 2.45) is 0 Å². The summed E-state index contributed by atoms with van der Waals surface area (Å²) >= 11 is 0. The second-order valence-electron chi connectivity index (χ2n) is 7.42. The maximum Gasteiger partial charge on any atom is 0.136 e. The molecule has 2 heterocycles. The van der Waals surface area contributed by atoms with Crippen molar-refractivity contribution in [1.82, 2.24) is 9.88 Å². The fourth-order valence-corrected chi connectivity index (χ4v) is 3.88. The number of hydrogen-bond donors (Lipinski definition) is 0. The zero-order chi connectivity index (χ0) is 18.4. The molecule has 0 spiro atoms. The minimum atomic E-state index is 0.575. The van der Waals surface area contributed by atoms with Gasteiger partial charge in [0.25, 0.3) is 0 Å². The van der Waals surface area contributed by atoms with Crippen LogP contribution in [-0.2, 0) is 6.54 Å². The third-order valence-corrected chi connectivity index (χ3v) is 5.12. The van der Waals surface area contributed by atoms with Gasteiger partial charge in [-0.05, 0) is 51.3 Å². The molecular formula is C23H31N3. The van der Waals surface area contributed by atoms with E-state index in [0.29, 0.717) is 6.04 Å². The molecule has 0 bridgehead atoms. The monoisotopic (exact) mass is 349 g/mol. The quantitative estimate of drug-likeness (QED) is 0.732. The maximum atomic E-state index is 4.73. The van der Waals surface area contributed by atoms with Gasteiger partial charge in [0.05, 0.1) is 0 Å². The molecule has 0 atom stereocenters. The van der Waals surface area contributed by atoms with E-state index in [9.17, 15) is 0 Å². The summed E-state index contributed by atoms with van der Waals surface area (Å²) in [6, 6.07) is 15.6. The number of nitrogens with zero attached hydrogens (tertiary/aromatic N) is 3. The minimum absolute atomic E-state index is 0.575. The van der Waals surface area contributed by atoms with Crippen molar-refractivity contribution in [3.8, 4) is 0 Å². The minimum Gasteiger partial charge on any atom is -0.353 e. The Labute approximate surface area is 158 Å². The Kier molecular flexibility index (Phi) is 6.45. The van der Waals surface area contributed by atoms with Crippen molar-refractivity contribution in [2.45, 2.75) is 46.2 Å². The van der Waals surface area contributed by atoms with Gasteiger partial charge in [-0.3, -0.25) is 4.90 Å². The Bertz CT molecular complexity index is 711. The molecule has 1 fully saturated rings. The SMILES string of the molecule is CCN(c1ncccc1C=C(C)C)C1CCN(Cc2ccccc2)CC1. The number of anilines is 1. The summed E-state index contributed by atoms with van der Waals surface area (Å²) in [5.74, 6) is 1.14. The molecule has 1 aliphatic heterocycles. The van der Waals surface area contributed by atoms with Crippen molar-refractivity contribution in [3.63, 3.8) is 0 Å². The average Bonchev–Trinajstić information content (AvgIpc) is 2.65. The smallest absolute Gasteiger partial charge is 0.136 e. The van der Waals surface area contributed by atoms with Gasteiger partial charge in [-0.2, -0.15) is 0 Å². The first-order chi connectivity index (χ1) is 12.7. The van der Waals surface area contributed by atoms with Crippen LogP contribution >= 0.6 is 0 Å². The van der Waals surface area contributed by atoms with Gasteiger partial charge in [0, 0.05) is 44.0 Å². The zero-order valence-corrected chi connectivity index (χ0v) is 16.4. The van der Waals surface area contributed by atoms with Gasteiger partial charge in [0.1, 0.15) is 5.82 Å². The van der Waals surface area contributed by atoms with Gasteiger partial charge in [-0.15, -0.1) is 0 Å². The van der Waals surface area contributed by atoms with Crippen LogP contribution < -0.4 is 4.90 Å². The lowest BCUT2D eigenvalue weighted by Gasteiger charge is -2.39. The average molecular weight is 350 g/mol. The molecule has 0 saturated carbocycles. The Balaban J connectivity index is 1.67. The first kappa shape index (κ1) is 18.7. The normalized spacial score (nSPS) is 15.7. The van der Waals surface area contributed by atoms with Crippen LogP contribution in [0.2, 0.25) is 0 Å². The molecule has 138 valence electrons. The number of allylic oxidation sites excluding steroid dienone is 1. The maximum absolute atomic E-state index is 4.73. The number of likely N-dealkylation sites (tertiary alicyclic amines) is 1. The summed E-state index contributed by atoms with van der Waals surface area (Å²) in [7, 11) is 0. The van der Waals surface area contributed by atoms with E-state index in [2.05, 4.69) is 73.0 Å². The molecule has 26 heavy (non-hydrogen) atoms. The van der Waals surface area contributed by atoms with Crippen LogP contribution in [0.3, 0.4) is 0 Å². The van der Waals surface area contributed by atoms with Crippen molar-refractivity contribution in [2.75, 3.05) is 24.5 Å². The molecule has 0 radical (unpaired) electrons. The highest BCUT2D eigenvalue weighted by atomic mass is 15.2. The molecule has 0 N–H and O–H groups in total. The molecule has 3 heteroatoms. The van der Waals surface area contributed by atoms with Gasteiger partial charge in [-0.25, -0.2) is 4.98 Å². The van der Waals surface area contributed by atoms with Crippen LogP contribution in [0.15, 0.2) is 54.2 Å². The summed E-state index contributed by atoms with van der Waals surface area (Å²) in [5, 5.41) is 0. The van der Waals surface area contributed by atoms with E-state index in [1.54, 1.807) is 0 Å². The van der Waals surface area contributed by atoms with Crippen molar-refractivity contribution in [1.29, 1.82) is 0 Å². The molecule has 1 aliphatic rings. The van der Waals surface area contributed by atoms with E-state index >= 15 is 0 Å². The second kappa shape index (κ2) is 9.00. The summed E-state index contributed by atoms with van der Waals surface area (Å²) in [5.41, 5.74) is 3.96. The second-order valence-corrected chi connectivity index (χ2v) is 7.42. The summed E-state index contributed by atoms with van der Waals surface area (Å²) in [4.78, 5) is 9.82. The van der Waals surface area contributed by atoms with Crippen LogP contribution in [-0.4, -0.2) is 35.6 Å². The van der Waals surface area contributed by atoms with E-state index in [4.69, 9.17) is 4.98 Å². The number of rotatable bonds is 6. The molecule has 0 amide bonds.